The number of carbonyl (C=O) groups is 1. The van der Waals surface area contributed by atoms with E-state index < -0.39 is 11.8 Å². The molecule has 0 atom stereocenters. The number of nitrogens with zero attached hydrogens (tertiary/aromatic N) is 2. The first kappa shape index (κ1) is 14.5. The van der Waals surface area contributed by atoms with Gasteiger partial charge >= 0.3 is 5.97 Å². The van der Waals surface area contributed by atoms with Crippen molar-refractivity contribution >= 4 is 27.7 Å². The van der Waals surface area contributed by atoms with Crippen LogP contribution >= 0.6 is 15.9 Å². The summed E-state index contributed by atoms with van der Waals surface area (Å²) in [6.45, 7) is 0.411. The highest BCUT2D eigenvalue weighted by atomic mass is 79.9. The van der Waals surface area contributed by atoms with Crippen LogP contribution in [0, 0.1) is 5.82 Å². The van der Waals surface area contributed by atoms with Gasteiger partial charge in [0.2, 0.25) is 0 Å². The van der Waals surface area contributed by atoms with Crippen LogP contribution in [0.2, 0.25) is 0 Å². The molecule has 1 N–H and O–H groups in total. The van der Waals surface area contributed by atoms with Gasteiger partial charge in [0.15, 0.2) is 11.6 Å². The molecule has 0 fully saturated rings. The highest BCUT2D eigenvalue weighted by Gasteiger charge is 2.18. The first-order valence-corrected chi connectivity index (χ1v) is 6.62. The molecule has 0 aliphatic carbocycles. The van der Waals surface area contributed by atoms with Gasteiger partial charge in [-0.2, -0.15) is 0 Å². The van der Waals surface area contributed by atoms with Crippen LogP contribution in [-0.2, 0) is 6.54 Å². The molecule has 0 aliphatic heterocycles. The third-order valence-corrected chi connectivity index (χ3v) is 3.60. The molecule has 0 unspecified atom stereocenters. The number of aromatic nitrogens is 1. The van der Waals surface area contributed by atoms with E-state index in [-0.39, 0.29) is 11.4 Å². The summed E-state index contributed by atoms with van der Waals surface area (Å²) in [5, 5.41) is 8.91. The smallest absolute Gasteiger partial charge is 0.338 e. The molecule has 1 heterocycles. The van der Waals surface area contributed by atoms with E-state index in [9.17, 15) is 9.18 Å². The van der Waals surface area contributed by atoms with E-state index in [0.29, 0.717) is 6.54 Å². The number of anilines is 1. The fourth-order valence-corrected chi connectivity index (χ4v) is 2.23. The second kappa shape index (κ2) is 6.00. The van der Waals surface area contributed by atoms with Crippen LogP contribution in [0.15, 0.2) is 41.0 Å². The van der Waals surface area contributed by atoms with E-state index >= 15 is 0 Å². The van der Waals surface area contributed by atoms with Crippen LogP contribution in [0.4, 0.5) is 10.2 Å². The van der Waals surface area contributed by atoms with E-state index in [1.54, 1.807) is 11.9 Å². The molecule has 0 bridgehead atoms. The van der Waals surface area contributed by atoms with Crippen molar-refractivity contribution in [1.82, 2.24) is 4.98 Å². The molecule has 0 saturated heterocycles. The molecule has 2 rings (SSSR count). The molecule has 104 valence electrons. The van der Waals surface area contributed by atoms with E-state index in [1.807, 2.05) is 24.3 Å². The number of hydrogen-bond acceptors (Lipinski definition) is 3. The second-order valence-corrected chi connectivity index (χ2v) is 5.10. The molecule has 0 saturated carbocycles. The zero-order valence-corrected chi connectivity index (χ0v) is 12.3. The maximum absolute atomic E-state index is 14.1. The van der Waals surface area contributed by atoms with E-state index in [1.165, 1.54) is 6.20 Å². The SMILES string of the molecule is CN(Cc1ccccc1Br)c1nccc(C(=O)O)c1F. The zero-order valence-electron chi connectivity index (χ0n) is 10.7. The molecule has 2 aromatic rings. The number of rotatable bonds is 4. The molecular weight excluding hydrogens is 327 g/mol. The standard InChI is InChI=1S/C14H12BrFN2O2/c1-18(8-9-4-2-3-5-11(9)15)13-12(16)10(14(19)20)6-7-17-13/h2-7H,8H2,1H3,(H,19,20). The van der Waals surface area contributed by atoms with Gasteiger partial charge in [0.25, 0.3) is 0 Å². The Hall–Kier alpha value is -1.95. The van der Waals surface area contributed by atoms with Crippen molar-refractivity contribution in [1.29, 1.82) is 0 Å². The van der Waals surface area contributed by atoms with Gasteiger partial charge in [-0.1, -0.05) is 34.1 Å². The molecule has 20 heavy (non-hydrogen) atoms. The quantitative estimate of drug-likeness (QED) is 0.929. The molecule has 0 spiro atoms. The minimum atomic E-state index is -1.31. The molecular formula is C14H12BrFN2O2. The maximum Gasteiger partial charge on any atom is 0.338 e. The highest BCUT2D eigenvalue weighted by Crippen LogP contribution is 2.23. The summed E-state index contributed by atoms with van der Waals surface area (Å²) >= 11 is 3.42. The maximum atomic E-state index is 14.1. The van der Waals surface area contributed by atoms with Crippen LogP contribution < -0.4 is 4.90 Å². The van der Waals surface area contributed by atoms with Gasteiger partial charge in [-0.25, -0.2) is 14.2 Å². The second-order valence-electron chi connectivity index (χ2n) is 4.25. The molecule has 1 aromatic heterocycles. The first-order valence-electron chi connectivity index (χ1n) is 5.83. The number of carboxylic acids is 1. The number of halogens is 2. The first-order chi connectivity index (χ1) is 9.50. The predicted octanol–water partition coefficient (Wildman–Crippen LogP) is 3.32. The minimum absolute atomic E-state index is 0.0145. The van der Waals surface area contributed by atoms with Crippen LogP contribution in [0.25, 0.3) is 0 Å². The van der Waals surface area contributed by atoms with Crippen LogP contribution in [0.5, 0.6) is 0 Å². The number of benzene rings is 1. The molecule has 0 amide bonds. The largest absolute Gasteiger partial charge is 0.478 e. The van der Waals surface area contributed by atoms with Crippen molar-refractivity contribution in [2.24, 2.45) is 0 Å². The summed E-state index contributed by atoms with van der Waals surface area (Å²) in [6.07, 6.45) is 1.29. The Morgan fingerprint density at radius 1 is 1.40 bits per heavy atom. The third-order valence-electron chi connectivity index (χ3n) is 2.83. The average Bonchev–Trinajstić information content (AvgIpc) is 2.41. The Labute approximate surface area is 124 Å². The number of pyridine rings is 1. The Morgan fingerprint density at radius 3 is 2.75 bits per heavy atom. The minimum Gasteiger partial charge on any atom is -0.478 e. The zero-order chi connectivity index (χ0) is 14.7. The Kier molecular flexibility index (Phi) is 4.34. The lowest BCUT2D eigenvalue weighted by Crippen LogP contribution is -2.20. The van der Waals surface area contributed by atoms with Gasteiger partial charge in [-0.3, -0.25) is 0 Å². The summed E-state index contributed by atoms with van der Waals surface area (Å²) < 4.78 is 15.0. The molecule has 0 radical (unpaired) electrons. The van der Waals surface area contributed by atoms with E-state index in [0.717, 1.165) is 16.1 Å². The lowest BCUT2D eigenvalue weighted by Gasteiger charge is -2.20. The number of hydrogen-bond donors (Lipinski definition) is 1. The lowest BCUT2D eigenvalue weighted by atomic mass is 10.2. The van der Waals surface area contributed by atoms with Crippen molar-refractivity contribution in [2.45, 2.75) is 6.54 Å². The molecule has 6 heteroatoms. The monoisotopic (exact) mass is 338 g/mol. The van der Waals surface area contributed by atoms with Gasteiger partial charge in [0, 0.05) is 24.3 Å². The summed E-state index contributed by atoms with van der Waals surface area (Å²) in [4.78, 5) is 16.4. The number of carboxylic acid groups (broad SMARTS) is 1. The topological polar surface area (TPSA) is 53.4 Å². The predicted molar refractivity (Wildman–Crippen MR) is 77.4 cm³/mol. The average molecular weight is 339 g/mol. The van der Waals surface area contributed by atoms with Crippen molar-refractivity contribution in [3.63, 3.8) is 0 Å². The summed E-state index contributed by atoms with van der Waals surface area (Å²) in [6, 6.07) is 8.70. The fourth-order valence-electron chi connectivity index (χ4n) is 1.82. The van der Waals surface area contributed by atoms with E-state index in [4.69, 9.17) is 5.11 Å². The normalized spacial score (nSPS) is 10.3. The fraction of sp³-hybridized carbons (Fsp3) is 0.143. The third kappa shape index (κ3) is 2.96. The van der Waals surface area contributed by atoms with Crippen LogP contribution in [0.1, 0.15) is 15.9 Å². The molecule has 1 aromatic carbocycles. The van der Waals surface area contributed by atoms with Crippen molar-refractivity contribution in [3.05, 3.63) is 57.9 Å². The van der Waals surface area contributed by atoms with Gasteiger partial charge < -0.3 is 10.0 Å². The molecule has 4 nitrogen and oxygen atoms in total. The van der Waals surface area contributed by atoms with E-state index in [2.05, 4.69) is 20.9 Å². The Balaban J connectivity index is 2.30. The highest BCUT2D eigenvalue weighted by molar-refractivity contribution is 9.10. The number of aromatic carboxylic acids is 1. The van der Waals surface area contributed by atoms with Crippen molar-refractivity contribution in [3.8, 4) is 0 Å². The van der Waals surface area contributed by atoms with Gasteiger partial charge in [-0.15, -0.1) is 0 Å². The lowest BCUT2D eigenvalue weighted by molar-refractivity contribution is 0.0692. The summed E-state index contributed by atoms with van der Waals surface area (Å²) in [7, 11) is 1.66. The van der Waals surface area contributed by atoms with Crippen molar-refractivity contribution in [2.75, 3.05) is 11.9 Å². The van der Waals surface area contributed by atoms with Gasteiger partial charge in [0.1, 0.15) is 5.56 Å². The molecule has 0 aliphatic rings. The Morgan fingerprint density at radius 2 is 2.10 bits per heavy atom. The Bertz CT molecular complexity index is 649. The van der Waals surface area contributed by atoms with Crippen LogP contribution in [-0.4, -0.2) is 23.1 Å². The van der Waals surface area contributed by atoms with Gasteiger partial charge in [-0.05, 0) is 17.7 Å². The van der Waals surface area contributed by atoms with Crippen LogP contribution in [0.3, 0.4) is 0 Å². The summed E-state index contributed by atoms with van der Waals surface area (Å²) in [5.74, 6) is -2.12. The van der Waals surface area contributed by atoms with Crippen molar-refractivity contribution < 1.29 is 14.3 Å². The summed E-state index contributed by atoms with van der Waals surface area (Å²) in [5.41, 5.74) is 0.575. The van der Waals surface area contributed by atoms with Gasteiger partial charge in [0.05, 0.1) is 0 Å².